The van der Waals surface area contributed by atoms with Gasteiger partial charge in [0.05, 0.1) is 25.4 Å². The highest BCUT2D eigenvalue weighted by Crippen LogP contribution is 2.18. The number of ether oxygens (including phenoxy) is 1. The molecule has 0 fully saturated rings. The van der Waals surface area contributed by atoms with Crippen LogP contribution < -0.4 is 5.32 Å². The van der Waals surface area contributed by atoms with Gasteiger partial charge in [0, 0.05) is 12.8 Å². The molecular formula is C65H123NO5. The van der Waals surface area contributed by atoms with Gasteiger partial charge in [0.15, 0.2) is 0 Å². The molecule has 0 aromatic heterocycles. The Hall–Kier alpha value is -1.92. The summed E-state index contributed by atoms with van der Waals surface area (Å²) in [5.74, 6) is -0.0865. The van der Waals surface area contributed by atoms with Gasteiger partial charge in [-0.3, -0.25) is 9.59 Å². The van der Waals surface area contributed by atoms with E-state index in [0.717, 1.165) is 64.2 Å². The molecule has 0 aliphatic rings. The average Bonchev–Trinajstić information content (AvgIpc) is 3.37. The second-order valence-electron chi connectivity index (χ2n) is 21.7. The molecule has 0 rings (SSSR count). The van der Waals surface area contributed by atoms with Crippen molar-refractivity contribution in [3.8, 4) is 0 Å². The molecule has 6 nitrogen and oxygen atoms in total. The van der Waals surface area contributed by atoms with Gasteiger partial charge >= 0.3 is 5.97 Å². The summed E-state index contributed by atoms with van der Waals surface area (Å²) < 4.78 is 5.48. The summed E-state index contributed by atoms with van der Waals surface area (Å²) in [6, 6.07) is -0.638. The van der Waals surface area contributed by atoms with Crippen LogP contribution in [0.3, 0.4) is 0 Å². The maximum atomic E-state index is 12.5. The van der Waals surface area contributed by atoms with E-state index < -0.39 is 12.1 Å². The van der Waals surface area contributed by atoms with Gasteiger partial charge in [0.1, 0.15) is 0 Å². The number of esters is 1. The first-order valence-corrected chi connectivity index (χ1v) is 31.8. The van der Waals surface area contributed by atoms with E-state index >= 15 is 0 Å². The molecule has 2 unspecified atom stereocenters. The molecule has 0 aromatic rings. The number of aliphatic hydroxyl groups excluding tert-OH is 2. The van der Waals surface area contributed by atoms with Crippen molar-refractivity contribution in [3.63, 3.8) is 0 Å². The van der Waals surface area contributed by atoms with Crippen molar-refractivity contribution in [2.75, 3.05) is 13.2 Å². The zero-order valence-corrected chi connectivity index (χ0v) is 47.7. The summed E-state index contributed by atoms with van der Waals surface area (Å²) in [5.41, 5.74) is 0. The molecule has 0 aliphatic heterocycles. The fourth-order valence-corrected chi connectivity index (χ4v) is 9.78. The Morgan fingerprint density at radius 1 is 0.394 bits per heavy atom. The molecule has 1 amide bonds. The van der Waals surface area contributed by atoms with E-state index in [4.69, 9.17) is 4.74 Å². The van der Waals surface area contributed by atoms with Crippen molar-refractivity contribution in [2.24, 2.45) is 0 Å². The van der Waals surface area contributed by atoms with Crippen LogP contribution in [0.1, 0.15) is 341 Å². The van der Waals surface area contributed by atoms with Crippen LogP contribution in [0, 0.1) is 0 Å². The highest BCUT2D eigenvalue weighted by molar-refractivity contribution is 5.76. The van der Waals surface area contributed by atoms with E-state index in [1.54, 1.807) is 6.08 Å². The van der Waals surface area contributed by atoms with E-state index in [-0.39, 0.29) is 18.5 Å². The topological polar surface area (TPSA) is 95.9 Å². The zero-order chi connectivity index (χ0) is 51.4. The summed E-state index contributed by atoms with van der Waals surface area (Å²) >= 11 is 0. The number of rotatable bonds is 59. The number of amides is 1. The highest BCUT2D eigenvalue weighted by Gasteiger charge is 2.18. The Morgan fingerprint density at radius 3 is 1.10 bits per heavy atom. The Labute approximate surface area is 443 Å². The second-order valence-corrected chi connectivity index (χ2v) is 21.7. The van der Waals surface area contributed by atoms with Crippen LogP contribution in [0.2, 0.25) is 0 Å². The molecule has 0 heterocycles. The zero-order valence-electron chi connectivity index (χ0n) is 47.7. The predicted octanol–water partition coefficient (Wildman–Crippen LogP) is 20.0. The molecule has 418 valence electrons. The molecule has 0 saturated heterocycles. The van der Waals surface area contributed by atoms with Crippen LogP contribution in [0.15, 0.2) is 36.5 Å². The number of carbonyl (C=O) groups excluding carboxylic acids is 2. The number of allylic oxidation sites excluding steroid dienone is 5. The van der Waals surface area contributed by atoms with Gasteiger partial charge in [0.2, 0.25) is 5.91 Å². The molecule has 0 radical (unpaired) electrons. The van der Waals surface area contributed by atoms with Crippen LogP contribution in [-0.4, -0.2) is 47.4 Å². The number of unbranched alkanes of at least 4 members (excludes halogenated alkanes) is 44. The van der Waals surface area contributed by atoms with Crippen molar-refractivity contribution in [1.82, 2.24) is 5.32 Å². The van der Waals surface area contributed by atoms with E-state index in [2.05, 4.69) is 43.5 Å². The van der Waals surface area contributed by atoms with Gasteiger partial charge in [0.25, 0.3) is 0 Å². The fraction of sp³-hybridized carbons (Fsp3) is 0.877. The van der Waals surface area contributed by atoms with E-state index in [1.165, 1.54) is 250 Å². The van der Waals surface area contributed by atoms with Crippen LogP contribution >= 0.6 is 0 Å². The minimum atomic E-state index is -0.854. The maximum Gasteiger partial charge on any atom is 0.305 e. The van der Waals surface area contributed by atoms with Crippen molar-refractivity contribution in [1.29, 1.82) is 0 Å². The average molecular weight is 999 g/mol. The number of hydrogen-bond acceptors (Lipinski definition) is 5. The third-order valence-electron chi connectivity index (χ3n) is 14.7. The lowest BCUT2D eigenvalue weighted by Crippen LogP contribution is -2.45. The molecule has 6 heteroatoms. The summed E-state index contributed by atoms with van der Waals surface area (Å²) in [4.78, 5) is 24.6. The second kappa shape index (κ2) is 60.6. The Bertz CT molecular complexity index is 1150. The quantitative estimate of drug-likeness (QED) is 0.0321. The molecule has 71 heavy (non-hydrogen) atoms. The summed E-state index contributed by atoms with van der Waals surface area (Å²) in [6.45, 7) is 4.88. The van der Waals surface area contributed by atoms with Gasteiger partial charge in [-0.25, -0.2) is 0 Å². The minimum Gasteiger partial charge on any atom is -0.466 e. The van der Waals surface area contributed by atoms with Crippen molar-refractivity contribution in [2.45, 2.75) is 353 Å². The summed E-state index contributed by atoms with van der Waals surface area (Å²) in [6.07, 6.45) is 76.1. The molecule has 3 N–H and O–H groups in total. The number of hydrogen-bond donors (Lipinski definition) is 3. The molecule has 0 bridgehead atoms. The first-order valence-electron chi connectivity index (χ1n) is 31.8. The third kappa shape index (κ3) is 57.2. The molecule has 0 aliphatic carbocycles. The Kier molecular flexibility index (Phi) is 59.0. The lowest BCUT2D eigenvalue weighted by atomic mass is 10.0. The van der Waals surface area contributed by atoms with E-state index in [0.29, 0.717) is 19.4 Å². The van der Waals surface area contributed by atoms with Gasteiger partial charge in [-0.05, 0) is 64.2 Å². The van der Waals surface area contributed by atoms with Gasteiger partial charge in [-0.1, -0.05) is 301 Å². The molecular weight excluding hydrogens is 875 g/mol. The molecule has 0 saturated carbocycles. The Balaban J connectivity index is 3.47. The smallest absolute Gasteiger partial charge is 0.305 e. The molecule has 2 atom stereocenters. The normalized spacial score (nSPS) is 12.8. The minimum absolute atomic E-state index is 0.0106. The Morgan fingerprint density at radius 2 is 0.704 bits per heavy atom. The fourth-order valence-electron chi connectivity index (χ4n) is 9.78. The van der Waals surface area contributed by atoms with Crippen molar-refractivity contribution in [3.05, 3.63) is 36.5 Å². The maximum absolute atomic E-state index is 12.5. The molecule has 0 spiro atoms. The standard InChI is InChI=1S/C65H123NO5/c1-3-5-7-9-11-13-15-17-19-21-22-23-24-25-26-28-29-33-37-41-45-49-53-57-63(68)62(61-67)66-64(69)58-54-50-46-42-38-34-31-32-36-40-44-48-52-56-60-71-65(70)59-55-51-47-43-39-35-30-27-20-18-16-14-12-10-8-6-4-2/h12,14,18,20,53,57,62-63,67-68H,3-11,13,15-17,19,21-52,54-56,58-61H2,1-2H3,(H,66,69)/b14-12-,20-18-,57-53+. The van der Waals surface area contributed by atoms with Gasteiger partial charge in [-0.15, -0.1) is 0 Å². The SMILES string of the molecule is CCCCC/C=C\C/C=C\CCCCCCCCCC(=O)OCCCCCCCCCCCCCCCCC(=O)NC(CO)C(O)/C=C/CCCCCCCCCCCCCCCCCCCCCCC. The van der Waals surface area contributed by atoms with Crippen LogP contribution in [0.5, 0.6) is 0 Å². The highest BCUT2D eigenvalue weighted by atomic mass is 16.5. The summed E-state index contributed by atoms with van der Waals surface area (Å²) in [5, 5.41) is 23.2. The van der Waals surface area contributed by atoms with E-state index in [1.807, 2.05) is 6.08 Å². The first kappa shape index (κ1) is 69.1. The van der Waals surface area contributed by atoms with Crippen molar-refractivity contribution >= 4 is 11.9 Å². The largest absolute Gasteiger partial charge is 0.466 e. The number of nitrogens with one attached hydrogen (secondary N) is 1. The van der Waals surface area contributed by atoms with Crippen LogP contribution in [-0.2, 0) is 14.3 Å². The lowest BCUT2D eigenvalue weighted by molar-refractivity contribution is -0.143. The number of aliphatic hydroxyl groups is 2. The van der Waals surface area contributed by atoms with Crippen molar-refractivity contribution < 1.29 is 24.5 Å². The van der Waals surface area contributed by atoms with E-state index in [9.17, 15) is 19.8 Å². The van der Waals surface area contributed by atoms with Crippen LogP contribution in [0.25, 0.3) is 0 Å². The monoisotopic (exact) mass is 998 g/mol. The van der Waals surface area contributed by atoms with Crippen LogP contribution in [0.4, 0.5) is 0 Å². The third-order valence-corrected chi connectivity index (χ3v) is 14.7. The number of carbonyl (C=O) groups is 2. The molecule has 0 aromatic carbocycles. The summed E-state index contributed by atoms with van der Waals surface area (Å²) in [7, 11) is 0. The lowest BCUT2D eigenvalue weighted by Gasteiger charge is -2.20. The predicted molar refractivity (Wildman–Crippen MR) is 310 cm³/mol. The van der Waals surface area contributed by atoms with Gasteiger partial charge in [-0.2, -0.15) is 0 Å². The van der Waals surface area contributed by atoms with Gasteiger partial charge < -0.3 is 20.3 Å². The first-order chi connectivity index (χ1) is 35.0.